The smallest absolute Gasteiger partial charge is 0.345 e. The molecule has 0 bridgehead atoms. The van der Waals surface area contributed by atoms with Gasteiger partial charge >= 0.3 is 6.18 Å². The Hall–Kier alpha value is -4.02. The number of hydrogen-bond acceptors (Lipinski definition) is 5. The minimum absolute atomic E-state index is 0.00481. The van der Waals surface area contributed by atoms with Crippen molar-refractivity contribution in [3.8, 4) is 0 Å². The van der Waals surface area contributed by atoms with Gasteiger partial charge in [-0.2, -0.15) is 13.2 Å². The van der Waals surface area contributed by atoms with Crippen LogP contribution in [-0.4, -0.2) is 46.5 Å². The first-order chi connectivity index (χ1) is 17.5. The maximum Gasteiger partial charge on any atom is 0.398 e. The lowest BCUT2D eigenvalue weighted by atomic mass is 9.94. The van der Waals surface area contributed by atoms with Gasteiger partial charge in [-0.15, -0.1) is 0 Å². The second kappa shape index (κ2) is 8.82. The lowest BCUT2D eigenvalue weighted by molar-refractivity contribution is -0.160. The van der Waals surface area contributed by atoms with Gasteiger partial charge in [0.2, 0.25) is 17.6 Å². The molecule has 11 heteroatoms. The van der Waals surface area contributed by atoms with Crippen molar-refractivity contribution < 1.29 is 37.1 Å². The van der Waals surface area contributed by atoms with Crippen LogP contribution in [0.15, 0.2) is 42.5 Å². The molecule has 8 nitrogen and oxygen atoms in total. The highest BCUT2D eigenvalue weighted by molar-refractivity contribution is 6.42. The molecule has 0 spiro atoms. The van der Waals surface area contributed by atoms with Crippen molar-refractivity contribution in [2.45, 2.75) is 56.4 Å². The average Bonchev–Trinajstić information content (AvgIpc) is 3.62. The number of piperidine rings is 1. The summed E-state index contributed by atoms with van der Waals surface area (Å²) in [6.45, 7) is 0.0440. The van der Waals surface area contributed by atoms with Crippen LogP contribution in [0, 0.1) is 0 Å². The van der Waals surface area contributed by atoms with Gasteiger partial charge in [-0.3, -0.25) is 29.3 Å². The zero-order valence-corrected chi connectivity index (χ0v) is 19.5. The molecule has 5 rings (SSSR count). The second-order valence-corrected chi connectivity index (χ2v) is 9.51. The number of nitrogens with one attached hydrogen (secondary N) is 2. The van der Waals surface area contributed by atoms with Crippen molar-refractivity contribution in [1.82, 2.24) is 15.5 Å². The van der Waals surface area contributed by atoms with Crippen LogP contribution in [0.3, 0.4) is 0 Å². The summed E-state index contributed by atoms with van der Waals surface area (Å²) in [6.07, 6.45) is -4.04. The van der Waals surface area contributed by atoms with Gasteiger partial charge in [0.25, 0.3) is 11.8 Å². The summed E-state index contributed by atoms with van der Waals surface area (Å²) in [5.74, 6) is -3.11. The van der Waals surface area contributed by atoms with Crippen molar-refractivity contribution >= 4 is 29.4 Å². The number of benzene rings is 2. The van der Waals surface area contributed by atoms with E-state index >= 15 is 0 Å². The fraction of sp³-hybridized carbons (Fsp3) is 0.346. The summed E-state index contributed by atoms with van der Waals surface area (Å²) in [5.41, 5.74) is -0.270. The zero-order valence-electron chi connectivity index (χ0n) is 19.5. The van der Waals surface area contributed by atoms with Crippen LogP contribution in [0.4, 0.5) is 13.2 Å². The van der Waals surface area contributed by atoms with E-state index in [1.54, 1.807) is 18.2 Å². The minimum atomic E-state index is -4.37. The SMILES string of the molecule is O=C1CCC(N2Cc3c(CNC(=O)C(=O)c4ccc(C5(C(F)(F)F)CC5)cc4)cccc3C2=O)C(=O)N1. The topological polar surface area (TPSA) is 113 Å². The van der Waals surface area contributed by atoms with E-state index in [0.29, 0.717) is 16.7 Å². The van der Waals surface area contributed by atoms with Gasteiger partial charge < -0.3 is 10.2 Å². The number of ketones is 1. The van der Waals surface area contributed by atoms with Crippen molar-refractivity contribution in [2.24, 2.45) is 0 Å². The Balaban J connectivity index is 1.25. The number of carbonyl (C=O) groups excluding carboxylic acids is 5. The highest BCUT2D eigenvalue weighted by atomic mass is 19.4. The molecule has 4 amide bonds. The number of imide groups is 1. The molecule has 1 unspecified atom stereocenters. The van der Waals surface area contributed by atoms with Crippen LogP contribution < -0.4 is 10.6 Å². The highest BCUT2D eigenvalue weighted by Crippen LogP contribution is 2.58. The van der Waals surface area contributed by atoms with Crippen LogP contribution in [0.25, 0.3) is 0 Å². The largest absolute Gasteiger partial charge is 0.398 e. The summed E-state index contributed by atoms with van der Waals surface area (Å²) in [5, 5.41) is 4.75. The number of nitrogens with zero attached hydrogens (tertiary/aromatic N) is 1. The first-order valence-electron chi connectivity index (χ1n) is 11.8. The van der Waals surface area contributed by atoms with E-state index in [0.717, 1.165) is 0 Å². The van der Waals surface area contributed by atoms with Crippen LogP contribution in [0.5, 0.6) is 0 Å². The van der Waals surface area contributed by atoms with E-state index < -0.39 is 35.2 Å². The lowest BCUT2D eigenvalue weighted by Crippen LogP contribution is -2.52. The number of alkyl halides is 3. The highest BCUT2D eigenvalue weighted by Gasteiger charge is 2.64. The molecule has 3 aliphatic rings. The molecular weight excluding hydrogens is 491 g/mol. The molecule has 0 aromatic heterocycles. The number of Topliss-reactive ketones (excluding diaryl/α,β-unsaturated/α-hetero) is 1. The Morgan fingerprint density at radius 2 is 1.76 bits per heavy atom. The summed E-state index contributed by atoms with van der Waals surface area (Å²) in [6, 6.07) is 9.05. The molecule has 2 aromatic carbocycles. The molecule has 1 saturated carbocycles. The molecule has 2 heterocycles. The monoisotopic (exact) mass is 513 g/mol. The third-order valence-electron chi connectivity index (χ3n) is 7.32. The van der Waals surface area contributed by atoms with Gasteiger partial charge in [0.1, 0.15) is 6.04 Å². The van der Waals surface area contributed by atoms with Gasteiger partial charge in [0, 0.05) is 30.6 Å². The van der Waals surface area contributed by atoms with Gasteiger partial charge in [0.05, 0.1) is 5.41 Å². The van der Waals surface area contributed by atoms with Crippen LogP contribution >= 0.6 is 0 Å². The van der Waals surface area contributed by atoms with Crippen molar-refractivity contribution in [3.63, 3.8) is 0 Å². The summed E-state index contributed by atoms with van der Waals surface area (Å²) in [7, 11) is 0. The molecule has 2 fully saturated rings. The van der Waals surface area contributed by atoms with E-state index in [9.17, 15) is 37.1 Å². The van der Waals surface area contributed by atoms with E-state index in [1.807, 2.05) is 0 Å². The first-order valence-corrected chi connectivity index (χ1v) is 11.8. The number of carbonyl (C=O) groups is 5. The average molecular weight is 513 g/mol. The number of rotatable bonds is 6. The molecule has 1 aliphatic carbocycles. The van der Waals surface area contributed by atoms with E-state index in [1.165, 1.54) is 29.2 Å². The predicted molar refractivity (Wildman–Crippen MR) is 122 cm³/mol. The molecule has 37 heavy (non-hydrogen) atoms. The van der Waals surface area contributed by atoms with E-state index in [-0.39, 0.29) is 61.7 Å². The van der Waals surface area contributed by atoms with Crippen molar-refractivity contribution in [1.29, 1.82) is 0 Å². The third kappa shape index (κ3) is 4.28. The number of hydrogen-bond donors (Lipinski definition) is 2. The van der Waals surface area contributed by atoms with E-state index in [4.69, 9.17) is 0 Å². The van der Waals surface area contributed by atoms with Crippen molar-refractivity contribution in [2.75, 3.05) is 0 Å². The van der Waals surface area contributed by atoms with Crippen LogP contribution in [0.2, 0.25) is 0 Å². The van der Waals surface area contributed by atoms with Gasteiger partial charge in [-0.1, -0.05) is 36.4 Å². The molecule has 2 aromatic rings. The molecule has 192 valence electrons. The van der Waals surface area contributed by atoms with E-state index in [2.05, 4.69) is 10.6 Å². The first kappa shape index (κ1) is 24.7. The quantitative estimate of drug-likeness (QED) is 0.350. The maximum atomic E-state index is 13.3. The maximum absolute atomic E-state index is 13.3. The number of fused-ring (bicyclic) bond motifs is 1. The fourth-order valence-electron chi connectivity index (χ4n) is 5.00. The predicted octanol–water partition coefficient (Wildman–Crippen LogP) is 2.54. The van der Waals surface area contributed by atoms with Crippen molar-refractivity contribution in [3.05, 3.63) is 70.3 Å². The summed E-state index contributed by atoms with van der Waals surface area (Å²) < 4.78 is 40.0. The summed E-state index contributed by atoms with van der Waals surface area (Å²) >= 11 is 0. The Bertz CT molecular complexity index is 1330. The minimum Gasteiger partial charge on any atom is -0.345 e. The lowest BCUT2D eigenvalue weighted by Gasteiger charge is -2.29. The van der Waals surface area contributed by atoms with Crippen LogP contribution in [0.1, 0.15) is 63.1 Å². The molecule has 2 N–H and O–H groups in total. The molecule has 2 aliphatic heterocycles. The zero-order chi connectivity index (χ0) is 26.5. The molecule has 0 radical (unpaired) electrons. The fourth-order valence-corrected chi connectivity index (χ4v) is 5.00. The number of halogens is 3. The Morgan fingerprint density at radius 3 is 2.38 bits per heavy atom. The number of amides is 4. The Labute approximate surface area is 209 Å². The standard InChI is InChI=1S/C26H22F3N3O5/c27-26(28,29)25(10-11-25)16-6-4-14(5-7-16)21(34)23(36)30-12-15-2-1-3-17-18(15)13-32(24(17)37)19-8-9-20(33)31-22(19)35/h1-7,19H,8-13H2,(H,30,36)(H,31,33,35). The second-order valence-electron chi connectivity index (χ2n) is 9.51. The normalized spacial score (nSPS) is 20.4. The molecule has 1 saturated heterocycles. The van der Waals surface area contributed by atoms with Gasteiger partial charge in [-0.25, -0.2) is 0 Å². The Morgan fingerprint density at radius 1 is 1.05 bits per heavy atom. The van der Waals surface area contributed by atoms with Gasteiger partial charge in [-0.05, 0) is 42.0 Å². The summed E-state index contributed by atoms with van der Waals surface area (Å²) in [4.78, 5) is 63.1. The molecular formula is C26H22F3N3O5. The Kier molecular flexibility index (Phi) is 5.88. The van der Waals surface area contributed by atoms with Gasteiger partial charge in [0.15, 0.2) is 0 Å². The third-order valence-corrected chi connectivity index (χ3v) is 7.32. The van der Waals surface area contributed by atoms with Crippen LogP contribution in [-0.2, 0) is 32.9 Å². The molecule has 1 atom stereocenters.